The summed E-state index contributed by atoms with van der Waals surface area (Å²) in [5.41, 5.74) is 11.0. The lowest BCUT2D eigenvalue weighted by atomic mass is 10.2. The number of hydrogen-bond donors (Lipinski definition) is 4. The second-order valence-electron chi connectivity index (χ2n) is 3.73. The largest absolute Gasteiger partial charge is 0.477 e. The van der Waals surface area contributed by atoms with Crippen LogP contribution in [-0.4, -0.2) is 37.1 Å². The summed E-state index contributed by atoms with van der Waals surface area (Å²) in [7, 11) is 0. The van der Waals surface area contributed by atoms with Gasteiger partial charge in [0.25, 0.3) is 0 Å². The van der Waals surface area contributed by atoms with Crippen LogP contribution in [0.3, 0.4) is 0 Å². The highest BCUT2D eigenvalue weighted by Crippen LogP contribution is 2.24. The number of anilines is 2. The lowest BCUT2D eigenvalue weighted by molar-refractivity contribution is 0.0680. The number of carboxylic acid groups (broad SMARTS) is 2. The van der Waals surface area contributed by atoms with Gasteiger partial charge < -0.3 is 21.7 Å². The molecule has 0 aliphatic rings. The summed E-state index contributed by atoms with van der Waals surface area (Å²) in [5, 5.41) is 17.6. The van der Waals surface area contributed by atoms with Gasteiger partial charge in [0, 0.05) is 11.8 Å². The quantitative estimate of drug-likeness (QED) is 0.607. The van der Waals surface area contributed by atoms with Gasteiger partial charge in [0.15, 0.2) is 17.3 Å². The van der Waals surface area contributed by atoms with Crippen molar-refractivity contribution >= 4 is 23.6 Å². The Bertz CT molecular complexity index is 699. The van der Waals surface area contributed by atoms with Crippen LogP contribution < -0.4 is 11.5 Å². The maximum Gasteiger partial charge on any atom is 0.358 e. The van der Waals surface area contributed by atoms with E-state index in [9.17, 15) is 9.59 Å². The molecule has 0 aliphatic heterocycles. The van der Waals surface area contributed by atoms with Crippen LogP contribution in [-0.2, 0) is 0 Å². The van der Waals surface area contributed by atoms with E-state index in [1.807, 2.05) is 0 Å². The molecule has 0 radical (unpaired) electrons. The van der Waals surface area contributed by atoms with Crippen LogP contribution in [0.5, 0.6) is 0 Å². The number of aromatic carboxylic acids is 2. The Hall–Kier alpha value is -3.23. The van der Waals surface area contributed by atoms with E-state index in [0.29, 0.717) is 5.56 Å². The summed E-state index contributed by atoms with van der Waals surface area (Å²) in [5.74, 6) is -2.94. The van der Waals surface area contributed by atoms with E-state index in [4.69, 9.17) is 21.7 Å². The standard InChI is InChI=1S/C11H9N5O4/c12-8-6(15-9(13)7(16-8)11(19)20)4-1-2-5(10(17)18)14-3-4/h1-3H,(H2,12,16)(H2,13,15)(H,17,18)(H,19,20). The molecule has 6 N–H and O–H groups in total. The molecule has 0 saturated carbocycles. The van der Waals surface area contributed by atoms with Crippen LogP contribution in [0.2, 0.25) is 0 Å². The maximum absolute atomic E-state index is 10.8. The van der Waals surface area contributed by atoms with Crippen molar-refractivity contribution in [1.29, 1.82) is 0 Å². The Morgan fingerprint density at radius 2 is 1.70 bits per heavy atom. The summed E-state index contributed by atoms with van der Waals surface area (Å²) < 4.78 is 0. The molecule has 0 unspecified atom stereocenters. The molecule has 2 aromatic rings. The Balaban J connectivity index is 2.50. The highest BCUT2D eigenvalue weighted by molar-refractivity contribution is 5.92. The molecule has 102 valence electrons. The smallest absolute Gasteiger partial charge is 0.358 e. The Kier molecular flexibility index (Phi) is 3.17. The van der Waals surface area contributed by atoms with Gasteiger partial charge in [-0.05, 0) is 12.1 Å². The molecule has 2 heterocycles. The first-order chi connectivity index (χ1) is 9.40. The highest BCUT2D eigenvalue weighted by Gasteiger charge is 2.16. The molecule has 0 amide bonds. The maximum atomic E-state index is 10.8. The average Bonchev–Trinajstić information content (AvgIpc) is 2.40. The van der Waals surface area contributed by atoms with Crippen molar-refractivity contribution in [3.05, 3.63) is 29.7 Å². The van der Waals surface area contributed by atoms with E-state index < -0.39 is 17.6 Å². The molecule has 9 nitrogen and oxygen atoms in total. The van der Waals surface area contributed by atoms with E-state index in [-0.39, 0.29) is 23.0 Å². The number of pyridine rings is 1. The SMILES string of the molecule is Nc1nc(-c2ccc(C(=O)O)nc2)c(N)nc1C(=O)O. The molecular weight excluding hydrogens is 266 g/mol. The summed E-state index contributed by atoms with van der Waals surface area (Å²) in [6.45, 7) is 0. The molecule has 20 heavy (non-hydrogen) atoms. The fraction of sp³-hybridized carbons (Fsp3) is 0. The molecule has 0 aromatic carbocycles. The van der Waals surface area contributed by atoms with Gasteiger partial charge in [-0.25, -0.2) is 24.5 Å². The van der Waals surface area contributed by atoms with Crippen LogP contribution >= 0.6 is 0 Å². The van der Waals surface area contributed by atoms with Gasteiger partial charge in [-0.1, -0.05) is 0 Å². The van der Waals surface area contributed by atoms with Gasteiger partial charge in [-0.2, -0.15) is 0 Å². The molecule has 0 saturated heterocycles. The number of hydrogen-bond acceptors (Lipinski definition) is 7. The van der Waals surface area contributed by atoms with Gasteiger partial charge >= 0.3 is 11.9 Å². The zero-order chi connectivity index (χ0) is 14.9. The van der Waals surface area contributed by atoms with Gasteiger partial charge in [0.1, 0.15) is 11.4 Å². The van der Waals surface area contributed by atoms with E-state index in [2.05, 4.69) is 15.0 Å². The van der Waals surface area contributed by atoms with Crippen molar-refractivity contribution in [3.8, 4) is 11.3 Å². The number of aromatic nitrogens is 3. The Morgan fingerprint density at radius 1 is 1.00 bits per heavy atom. The summed E-state index contributed by atoms with van der Waals surface area (Å²) in [6.07, 6.45) is 1.24. The van der Waals surface area contributed by atoms with Gasteiger partial charge in [-0.3, -0.25) is 0 Å². The predicted molar refractivity (Wildman–Crippen MR) is 68.0 cm³/mol. The summed E-state index contributed by atoms with van der Waals surface area (Å²) in [4.78, 5) is 32.7. The molecule has 0 bridgehead atoms. The fourth-order valence-corrected chi connectivity index (χ4v) is 1.49. The lowest BCUT2D eigenvalue weighted by Crippen LogP contribution is -2.11. The van der Waals surface area contributed by atoms with Crippen molar-refractivity contribution in [3.63, 3.8) is 0 Å². The third-order valence-corrected chi connectivity index (χ3v) is 2.41. The minimum Gasteiger partial charge on any atom is -0.477 e. The van der Waals surface area contributed by atoms with Gasteiger partial charge in [-0.15, -0.1) is 0 Å². The number of carboxylic acids is 2. The van der Waals surface area contributed by atoms with Crippen LogP contribution in [0.25, 0.3) is 11.3 Å². The molecule has 2 rings (SSSR count). The average molecular weight is 275 g/mol. The fourth-order valence-electron chi connectivity index (χ4n) is 1.49. The minimum atomic E-state index is -1.34. The number of nitrogens with zero attached hydrogens (tertiary/aromatic N) is 3. The van der Waals surface area contributed by atoms with Crippen LogP contribution in [0.15, 0.2) is 18.3 Å². The molecule has 9 heteroatoms. The number of carbonyl (C=O) groups is 2. The number of nitrogens with two attached hydrogens (primary N) is 2. The number of rotatable bonds is 3. The van der Waals surface area contributed by atoms with Crippen molar-refractivity contribution in [2.45, 2.75) is 0 Å². The van der Waals surface area contributed by atoms with Gasteiger partial charge in [0.05, 0.1) is 0 Å². The van der Waals surface area contributed by atoms with E-state index in [0.717, 1.165) is 0 Å². The monoisotopic (exact) mass is 275 g/mol. The Labute approximate surface area is 111 Å². The van der Waals surface area contributed by atoms with Gasteiger partial charge in [0.2, 0.25) is 0 Å². The third-order valence-electron chi connectivity index (χ3n) is 2.41. The molecule has 0 atom stereocenters. The highest BCUT2D eigenvalue weighted by atomic mass is 16.4. The first-order valence-electron chi connectivity index (χ1n) is 5.26. The summed E-state index contributed by atoms with van der Waals surface area (Å²) >= 11 is 0. The molecule has 0 spiro atoms. The second-order valence-corrected chi connectivity index (χ2v) is 3.73. The van der Waals surface area contributed by atoms with Crippen molar-refractivity contribution in [1.82, 2.24) is 15.0 Å². The summed E-state index contributed by atoms with van der Waals surface area (Å²) in [6, 6.07) is 2.69. The van der Waals surface area contributed by atoms with E-state index in [1.165, 1.54) is 18.3 Å². The topological polar surface area (TPSA) is 165 Å². The normalized spacial score (nSPS) is 10.2. The molecule has 0 aliphatic carbocycles. The predicted octanol–water partition coefficient (Wildman–Crippen LogP) is 0.0994. The van der Waals surface area contributed by atoms with Crippen LogP contribution in [0.1, 0.15) is 21.0 Å². The van der Waals surface area contributed by atoms with Crippen LogP contribution in [0.4, 0.5) is 11.6 Å². The molecular formula is C11H9N5O4. The zero-order valence-electron chi connectivity index (χ0n) is 9.94. The first-order valence-corrected chi connectivity index (χ1v) is 5.26. The Morgan fingerprint density at radius 3 is 2.20 bits per heavy atom. The molecule has 2 aromatic heterocycles. The first kappa shape index (κ1) is 13.2. The van der Waals surface area contributed by atoms with Crippen molar-refractivity contribution in [2.24, 2.45) is 0 Å². The zero-order valence-corrected chi connectivity index (χ0v) is 9.94. The second kappa shape index (κ2) is 4.80. The third kappa shape index (κ3) is 2.32. The van der Waals surface area contributed by atoms with E-state index >= 15 is 0 Å². The lowest BCUT2D eigenvalue weighted by Gasteiger charge is -2.07. The van der Waals surface area contributed by atoms with Crippen LogP contribution in [0, 0.1) is 0 Å². The van der Waals surface area contributed by atoms with E-state index in [1.54, 1.807) is 0 Å². The van der Waals surface area contributed by atoms with Crippen molar-refractivity contribution in [2.75, 3.05) is 11.5 Å². The minimum absolute atomic E-state index is 0.136. The number of nitrogen functional groups attached to an aromatic ring is 2. The van der Waals surface area contributed by atoms with Crippen molar-refractivity contribution < 1.29 is 19.8 Å². The molecule has 0 fully saturated rings.